The molecule has 4 N–H and O–H groups in total. The van der Waals surface area contributed by atoms with Crippen LogP contribution in [0, 0.1) is 5.92 Å². The van der Waals surface area contributed by atoms with Gasteiger partial charge in [0.1, 0.15) is 0 Å². The van der Waals surface area contributed by atoms with Crippen molar-refractivity contribution in [2.45, 2.75) is 53.0 Å². The van der Waals surface area contributed by atoms with Gasteiger partial charge in [-0.2, -0.15) is 4.99 Å². The van der Waals surface area contributed by atoms with E-state index in [2.05, 4.69) is 34.5 Å². The van der Waals surface area contributed by atoms with Crippen molar-refractivity contribution >= 4 is 39.7 Å². The van der Waals surface area contributed by atoms with Crippen molar-refractivity contribution in [3.05, 3.63) is 22.4 Å². The van der Waals surface area contributed by atoms with Crippen LogP contribution < -0.4 is 16.4 Å². The lowest BCUT2D eigenvalue weighted by Crippen LogP contribution is -2.35. The zero-order valence-corrected chi connectivity index (χ0v) is 17.9. The highest BCUT2D eigenvalue weighted by molar-refractivity contribution is 7.16. The molecule has 6 nitrogen and oxygen atoms in total. The maximum absolute atomic E-state index is 11.0. The minimum absolute atomic E-state index is 0.0294. The Morgan fingerprint density at radius 2 is 2.15 bits per heavy atom. The lowest BCUT2D eigenvalue weighted by molar-refractivity contribution is -0.119. The van der Waals surface area contributed by atoms with Gasteiger partial charge < -0.3 is 16.4 Å². The average molecular weight is 408 g/mol. The van der Waals surface area contributed by atoms with Crippen LogP contribution in [0.3, 0.4) is 0 Å². The molecule has 8 heteroatoms. The molecule has 0 aliphatic carbocycles. The summed E-state index contributed by atoms with van der Waals surface area (Å²) in [5.74, 6) is 1.01. The van der Waals surface area contributed by atoms with Crippen molar-refractivity contribution < 1.29 is 4.79 Å². The minimum Gasteiger partial charge on any atom is -0.370 e. The van der Waals surface area contributed by atoms with Crippen LogP contribution in [0.1, 0.15) is 51.3 Å². The highest BCUT2D eigenvalue weighted by atomic mass is 32.1. The molecule has 1 atom stereocenters. The van der Waals surface area contributed by atoms with Gasteiger partial charge in [0.25, 0.3) is 0 Å². The lowest BCUT2D eigenvalue weighted by atomic mass is 9.99. The van der Waals surface area contributed by atoms with E-state index in [4.69, 9.17) is 5.73 Å². The highest BCUT2D eigenvalue weighted by Gasteiger charge is 2.09. The summed E-state index contributed by atoms with van der Waals surface area (Å²) < 4.78 is 0. The Bertz CT molecular complexity index is 753. The van der Waals surface area contributed by atoms with Gasteiger partial charge in [0.2, 0.25) is 11.0 Å². The summed E-state index contributed by atoms with van der Waals surface area (Å²) in [6, 6.07) is 4.03. The van der Waals surface area contributed by atoms with Gasteiger partial charge in [0.15, 0.2) is 5.96 Å². The minimum atomic E-state index is -0.0294. The standard InChI is InChI=1S/C19H29N5OS2/c1-4-6-7-14(5-2)10-22-18(20)24-19-23-16(12-26-19)17-9-8-15(27-17)11-21-13(3)25/h8-9,12,14H,4-7,10-11H2,1-3H3,(H,21,25)(H3,20,22,23,24). The first-order valence-corrected chi connectivity index (χ1v) is 11.1. The van der Waals surface area contributed by atoms with Crippen LogP contribution in [0.4, 0.5) is 5.13 Å². The van der Waals surface area contributed by atoms with E-state index in [1.807, 2.05) is 17.5 Å². The Morgan fingerprint density at radius 3 is 2.85 bits per heavy atom. The number of nitrogens with one attached hydrogen (secondary N) is 2. The first-order valence-electron chi connectivity index (χ1n) is 9.38. The molecule has 0 saturated heterocycles. The number of unbranched alkanes of at least 4 members (excludes halogenated alkanes) is 1. The van der Waals surface area contributed by atoms with E-state index < -0.39 is 0 Å². The Hall–Kier alpha value is -1.93. The zero-order valence-electron chi connectivity index (χ0n) is 16.2. The number of aliphatic imine (C=N–C) groups is 1. The van der Waals surface area contributed by atoms with Crippen molar-refractivity contribution in [1.82, 2.24) is 15.6 Å². The average Bonchev–Trinajstić information content (AvgIpc) is 3.29. The van der Waals surface area contributed by atoms with Gasteiger partial charge in [-0.05, 0) is 24.5 Å². The Labute approximate surface area is 169 Å². The number of thiazole rings is 1. The van der Waals surface area contributed by atoms with Gasteiger partial charge in [-0.15, -0.1) is 22.7 Å². The summed E-state index contributed by atoms with van der Waals surface area (Å²) in [5.41, 5.74) is 6.91. The van der Waals surface area contributed by atoms with Gasteiger partial charge in [-0.25, -0.2) is 4.98 Å². The molecule has 1 unspecified atom stereocenters. The fraction of sp³-hybridized carbons (Fsp3) is 0.526. The predicted molar refractivity (Wildman–Crippen MR) is 116 cm³/mol. The molecular weight excluding hydrogens is 378 g/mol. The number of nitrogens with two attached hydrogens (primary N) is 1. The van der Waals surface area contributed by atoms with E-state index in [0.29, 0.717) is 23.6 Å². The monoisotopic (exact) mass is 407 g/mol. The molecule has 1 amide bonds. The molecule has 2 aromatic rings. The van der Waals surface area contributed by atoms with Gasteiger partial charge in [-0.1, -0.05) is 33.1 Å². The number of aromatic nitrogens is 1. The second kappa shape index (κ2) is 11.0. The molecule has 2 heterocycles. The Morgan fingerprint density at radius 1 is 1.33 bits per heavy atom. The smallest absolute Gasteiger partial charge is 0.217 e. The first kappa shape index (κ1) is 21.4. The number of guanidine groups is 1. The van der Waals surface area contributed by atoms with Gasteiger partial charge in [-0.3, -0.25) is 4.79 Å². The number of hydrogen-bond donors (Lipinski definition) is 3. The molecule has 0 aliphatic rings. The number of rotatable bonds is 10. The second-order valence-corrected chi connectivity index (χ2v) is 8.49. The van der Waals surface area contributed by atoms with Gasteiger partial charge in [0, 0.05) is 23.7 Å². The summed E-state index contributed by atoms with van der Waals surface area (Å²) in [7, 11) is 0. The number of carbonyl (C=O) groups excluding carboxylic acids is 1. The van der Waals surface area contributed by atoms with Crippen molar-refractivity contribution in [3.63, 3.8) is 0 Å². The molecule has 0 aliphatic heterocycles. The van der Waals surface area contributed by atoms with Crippen molar-refractivity contribution in [2.24, 2.45) is 16.6 Å². The molecule has 0 bridgehead atoms. The second-order valence-electron chi connectivity index (χ2n) is 6.49. The molecule has 0 radical (unpaired) electrons. The molecule has 27 heavy (non-hydrogen) atoms. The van der Waals surface area contributed by atoms with Crippen LogP contribution in [0.15, 0.2) is 22.5 Å². The van der Waals surface area contributed by atoms with Crippen LogP contribution in [-0.4, -0.2) is 23.4 Å². The summed E-state index contributed by atoms with van der Waals surface area (Å²) in [6.07, 6.45) is 4.82. The van der Waals surface area contributed by atoms with Crippen molar-refractivity contribution in [1.29, 1.82) is 0 Å². The van der Waals surface area contributed by atoms with Crippen molar-refractivity contribution in [2.75, 3.05) is 6.54 Å². The summed E-state index contributed by atoms with van der Waals surface area (Å²) >= 11 is 3.09. The van der Waals surface area contributed by atoms with Crippen molar-refractivity contribution in [3.8, 4) is 10.6 Å². The number of thiophene rings is 1. The van der Waals surface area contributed by atoms with Crippen LogP contribution >= 0.6 is 22.7 Å². The third-order valence-corrected chi connectivity index (χ3v) is 6.09. The molecular formula is C19H29N5OS2. The quantitative estimate of drug-likeness (QED) is 0.405. The number of nitrogens with zero attached hydrogens (tertiary/aromatic N) is 2. The lowest BCUT2D eigenvalue weighted by Gasteiger charge is -2.15. The summed E-state index contributed by atoms with van der Waals surface area (Å²) in [6.45, 7) is 7.34. The van der Waals surface area contributed by atoms with E-state index in [0.717, 1.165) is 28.4 Å². The topological polar surface area (TPSA) is 92.4 Å². The molecule has 148 valence electrons. The maximum Gasteiger partial charge on any atom is 0.217 e. The largest absolute Gasteiger partial charge is 0.370 e. The third kappa shape index (κ3) is 7.30. The van der Waals surface area contributed by atoms with E-state index in [-0.39, 0.29) is 5.91 Å². The fourth-order valence-electron chi connectivity index (χ4n) is 2.59. The molecule has 0 fully saturated rings. The van der Waals surface area contributed by atoms with Crippen LogP contribution in [0.5, 0.6) is 0 Å². The highest BCUT2D eigenvalue weighted by Crippen LogP contribution is 2.31. The van der Waals surface area contributed by atoms with E-state index in [9.17, 15) is 4.79 Å². The molecule has 2 aromatic heterocycles. The first-order chi connectivity index (χ1) is 13.0. The number of hydrogen-bond acceptors (Lipinski definition) is 5. The van der Waals surface area contributed by atoms with Crippen LogP contribution in [0.25, 0.3) is 10.6 Å². The van der Waals surface area contributed by atoms with E-state index in [1.165, 1.54) is 37.5 Å². The fourth-order valence-corrected chi connectivity index (χ4v) is 4.27. The summed E-state index contributed by atoms with van der Waals surface area (Å²) in [4.78, 5) is 22.1. The molecule has 2 rings (SSSR count). The van der Waals surface area contributed by atoms with Gasteiger partial charge in [0.05, 0.1) is 17.1 Å². The van der Waals surface area contributed by atoms with E-state index >= 15 is 0 Å². The molecule has 0 saturated carbocycles. The van der Waals surface area contributed by atoms with Gasteiger partial charge >= 0.3 is 0 Å². The number of carbonyl (C=O) groups is 1. The van der Waals surface area contributed by atoms with Crippen LogP contribution in [-0.2, 0) is 11.3 Å². The SMILES string of the molecule is CCCCC(CC)CN/C(N)=N/c1nc(-c2ccc(CNC(C)=O)s2)cs1. The number of amides is 1. The normalized spacial score (nSPS) is 12.8. The molecule has 0 aromatic carbocycles. The molecule has 0 spiro atoms. The van der Waals surface area contributed by atoms with E-state index in [1.54, 1.807) is 11.3 Å². The summed E-state index contributed by atoms with van der Waals surface area (Å²) in [5, 5.41) is 8.66. The van der Waals surface area contributed by atoms with Crippen LogP contribution in [0.2, 0.25) is 0 Å². The predicted octanol–water partition coefficient (Wildman–Crippen LogP) is 4.26. The Kier molecular flexibility index (Phi) is 8.74. The zero-order chi connectivity index (χ0) is 19.6. The third-order valence-electron chi connectivity index (χ3n) is 4.25. The maximum atomic E-state index is 11.0. The Balaban J connectivity index is 1.92.